The van der Waals surface area contributed by atoms with Crippen molar-refractivity contribution in [2.24, 2.45) is 0 Å². The molecule has 0 bridgehead atoms. The van der Waals surface area contributed by atoms with E-state index in [0.717, 1.165) is 12.8 Å². The van der Waals surface area contributed by atoms with E-state index in [4.69, 9.17) is 9.47 Å². The Morgan fingerprint density at radius 2 is 1.65 bits per heavy atom. The van der Waals surface area contributed by atoms with Crippen LogP contribution in [0.25, 0.3) is 0 Å². The number of carbonyl (C=O) groups excluding carboxylic acids is 3. The van der Waals surface area contributed by atoms with Gasteiger partial charge in [0.2, 0.25) is 15.9 Å². The number of sulfonamides is 1. The third kappa shape index (κ3) is 6.28. The van der Waals surface area contributed by atoms with Gasteiger partial charge in [-0.05, 0) is 55.5 Å². The monoisotopic (exact) mass is 529 g/mol. The van der Waals surface area contributed by atoms with Gasteiger partial charge < -0.3 is 19.7 Å². The van der Waals surface area contributed by atoms with Crippen LogP contribution in [0, 0.1) is 0 Å². The Balaban J connectivity index is 1.42. The number of amides is 2. The average molecular weight is 530 g/mol. The summed E-state index contributed by atoms with van der Waals surface area (Å²) in [6.45, 7) is 1.58. The number of carbonyl (C=O) groups is 3. The number of ether oxygens (including phenoxy) is 2. The molecule has 2 heterocycles. The van der Waals surface area contributed by atoms with Gasteiger partial charge >= 0.3 is 12.1 Å². The molecule has 4 rings (SSSR count). The molecule has 2 amide bonds. The Hall–Kier alpha value is -3.44. The zero-order chi connectivity index (χ0) is 26.4. The van der Waals surface area contributed by atoms with Crippen molar-refractivity contribution in [1.82, 2.24) is 14.5 Å². The van der Waals surface area contributed by atoms with E-state index in [0.29, 0.717) is 37.2 Å². The predicted octanol–water partition coefficient (Wildman–Crippen LogP) is 2.33. The first kappa shape index (κ1) is 26.6. The normalized spacial score (nSPS) is 18.8. The summed E-state index contributed by atoms with van der Waals surface area (Å²) in [5.41, 5.74) is 0.705. The summed E-state index contributed by atoms with van der Waals surface area (Å²) in [7, 11) is -2.64. The first-order valence-electron chi connectivity index (χ1n) is 12.3. The van der Waals surface area contributed by atoms with Gasteiger partial charge in [-0.3, -0.25) is 4.79 Å². The molecule has 1 unspecified atom stereocenters. The van der Waals surface area contributed by atoms with Gasteiger partial charge in [0, 0.05) is 26.1 Å². The second kappa shape index (κ2) is 11.7. The molecular weight excluding hydrogens is 498 g/mol. The van der Waals surface area contributed by atoms with Crippen molar-refractivity contribution in [2.45, 2.75) is 49.1 Å². The first-order chi connectivity index (χ1) is 17.8. The lowest BCUT2D eigenvalue weighted by atomic mass is 10.0. The Bertz CT molecular complexity index is 1210. The topological polar surface area (TPSA) is 122 Å². The minimum absolute atomic E-state index is 0.115. The molecule has 1 N–H and O–H groups in total. The highest BCUT2D eigenvalue weighted by molar-refractivity contribution is 7.89. The molecule has 37 heavy (non-hydrogen) atoms. The van der Waals surface area contributed by atoms with Crippen molar-refractivity contribution < 1.29 is 32.3 Å². The Kier molecular flexibility index (Phi) is 8.45. The highest BCUT2D eigenvalue weighted by atomic mass is 32.2. The van der Waals surface area contributed by atoms with E-state index in [9.17, 15) is 22.8 Å². The Morgan fingerprint density at radius 1 is 0.973 bits per heavy atom. The van der Waals surface area contributed by atoms with Crippen LogP contribution in [0.2, 0.25) is 0 Å². The summed E-state index contributed by atoms with van der Waals surface area (Å²) in [4.78, 5) is 39.6. The second-order valence-electron chi connectivity index (χ2n) is 9.08. The van der Waals surface area contributed by atoms with E-state index >= 15 is 0 Å². The standard InChI is InChI=1S/C26H31N3O7S/c1-35-25(31)22(18-19-11-13-20(14-12-19)36-26(32)28-15-5-6-16-28)27-24(30)23-10-7-17-29(23)37(33,34)21-8-3-2-4-9-21/h2-4,8-9,11-14,22-23H,5-7,10,15-18H2,1H3,(H,27,30)/t22?,23-/m0/s1. The van der Waals surface area contributed by atoms with Crippen LogP contribution in [0.5, 0.6) is 5.75 Å². The molecule has 2 saturated heterocycles. The van der Waals surface area contributed by atoms with Crippen LogP contribution < -0.4 is 10.1 Å². The molecule has 0 radical (unpaired) electrons. The van der Waals surface area contributed by atoms with E-state index in [2.05, 4.69) is 5.32 Å². The number of nitrogens with zero attached hydrogens (tertiary/aromatic N) is 2. The van der Waals surface area contributed by atoms with Gasteiger partial charge in [0.25, 0.3) is 0 Å². The van der Waals surface area contributed by atoms with Crippen molar-refractivity contribution in [2.75, 3.05) is 26.7 Å². The molecule has 2 aliphatic heterocycles. The van der Waals surface area contributed by atoms with Crippen LogP contribution in [0.4, 0.5) is 4.79 Å². The lowest BCUT2D eigenvalue weighted by Crippen LogP contribution is -2.51. The minimum atomic E-state index is -3.86. The van der Waals surface area contributed by atoms with E-state index in [-0.39, 0.29) is 17.9 Å². The highest BCUT2D eigenvalue weighted by Gasteiger charge is 2.40. The molecule has 2 aromatic carbocycles. The molecule has 2 atom stereocenters. The number of rotatable bonds is 8. The maximum atomic E-state index is 13.2. The van der Waals surface area contributed by atoms with Crippen molar-refractivity contribution in [3.8, 4) is 5.75 Å². The molecule has 0 saturated carbocycles. The number of methoxy groups -OCH3 is 1. The van der Waals surface area contributed by atoms with Gasteiger partial charge in [0.05, 0.1) is 12.0 Å². The minimum Gasteiger partial charge on any atom is -0.467 e. The van der Waals surface area contributed by atoms with Crippen LogP contribution in [0.15, 0.2) is 59.5 Å². The lowest BCUT2D eigenvalue weighted by molar-refractivity contribution is -0.145. The zero-order valence-corrected chi connectivity index (χ0v) is 21.5. The molecule has 0 aromatic heterocycles. The van der Waals surface area contributed by atoms with Gasteiger partial charge in [-0.1, -0.05) is 30.3 Å². The highest BCUT2D eigenvalue weighted by Crippen LogP contribution is 2.26. The lowest BCUT2D eigenvalue weighted by Gasteiger charge is -2.25. The quantitative estimate of drug-likeness (QED) is 0.521. The predicted molar refractivity (Wildman–Crippen MR) is 134 cm³/mol. The van der Waals surface area contributed by atoms with Crippen LogP contribution in [-0.2, 0) is 30.8 Å². The fourth-order valence-corrected chi connectivity index (χ4v) is 6.29. The Morgan fingerprint density at radius 3 is 2.30 bits per heavy atom. The van der Waals surface area contributed by atoms with E-state index in [1.807, 2.05) is 0 Å². The van der Waals surface area contributed by atoms with Crippen molar-refractivity contribution in [1.29, 1.82) is 0 Å². The van der Waals surface area contributed by atoms with Gasteiger partial charge in [-0.15, -0.1) is 0 Å². The molecule has 2 aliphatic rings. The molecule has 0 spiro atoms. The molecular formula is C26H31N3O7S. The SMILES string of the molecule is COC(=O)C(Cc1ccc(OC(=O)N2CCCC2)cc1)NC(=O)[C@@H]1CCCN1S(=O)(=O)c1ccccc1. The van der Waals surface area contributed by atoms with Crippen LogP contribution in [-0.4, -0.2) is 74.4 Å². The van der Waals surface area contributed by atoms with E-state index in [1.54, 1.807) is 47.4 Å². The van der Waals surface area contributed by atoms with Crippen molar-refractivity contribution in [3.05, 3.63) is 60.2 Å². The largest absolute Gasteiger partial charge is 0.467 e. The van der Waals surface area contributed by atoms with Crippen LogP contribution in [0.3, 0.4) is 0 Å². The van der Waals surface area contributed by atoms with Crippen molar-refractivity contribution in [3.63, 3.8) is 0 Å². The summed E-state index contributed by atoms with van der Waals surface area (Å²) in [5.74, 6) is -0.816. The smallest absolute Gasteiger partial charge is 0.415 e. The summed E-state index contributed by atoms with van der Waals surface area (Å²) < 4.78 is 37.7. The number of esters is 1. The van der Waals surface area contributed by atoms with Gasteiger partial charge in [0.1, 0.15) is 17.8 Å². The maximum absolute atomic E-state index is 13.2. The number of hydrogen-bond donors (Lipinski definition) is 1. The first-order valence-corrected chi connectivity index (χ1v) is 13.7. The number of benzene rings is 2. The summed E-state index contributed by atoms with van der Waals surface area (Å²) >= 11 is 0. The van der Waals surface area contributed by atoms with Gasteiger partial charge in [-0.25, -0.2) is 18.0 Å². The number of nitrogens with one attached hydrogen (secondary N) is 1. The molecule has 10 nitrogen and oxygen atoms in total. The van der Waals surface area contributed by atoms with Crippen LogP contribution in [0.1, 0.15) is 31.2 Å². The number of hydrogen-bond acceptors (Lipinski definition) is 7. The van der Waals surface area contributed by atoms with Gasteiger partial charge in [0.15, 0.2) is 0 Å². The summed E-state index contributed by atoms with van der Waals surface area (Å²) in [6, 6.07) is 12.7. The maximum Gasteiger partial charge on any atom is 0.415 e. The fourth-order valence-electron chi connectivity index (χ4n) is 4.62. The summed E-state index contributed by atoms with van der Waals surface area (Å²) in [5, 5.41) is 2.68. The van der Waals surface area contributed by atoms with Gasteiger partial charge in [-0.2, -0.15) is 4.31 Å². The van der Waals surface area contributed by atoms with E-state index < -0.39 is 40.1 Å². The second-order valence-corrected chi connectivity index (χ2v) is 11.0. The molecule has 2 fully saturated rings. The number of likely N-dealkylation sites (tertiary alicyclic amines) is 1. The molecule has 0 aliphatic carbocycles. The third-order valence-electron chi connectivity index (χ3n) is 6.59. The van der Waals surface area contributed by atoms with Crippen molar-refractivity contribution >= 4 is 28.0 Å². The summed E-state index contributed by atoms with van der Waals surface area (Å²) in [6.07, 6.45) is 2.54. The molecule has 2 aromatic rings. The molecule has 198 valence electrons. The van der Waals surface area contributed by atoms with E-state index in [1.165, 1.54) is 23.5 Å². The fraction of sp³-hybridized carbons (Fsp3) is 0.423. The average Bonchev–Trinajstić information content (AvgIpc) is 3.62. The third-order valence-corrected chi connectivity index (χ3v) is 8.51. The van der Waals surface area contributed by atoms with Crippen LogP contribution >= 0.6 is 0 Å². The zero-order valence-electron chi connectivity index (χ0n) is 20.7. The Labute approximate surface area is 216 Å². The molecule has 11 heteroatoms.